The first-order valence-corrected chi connectivity index (χ1v) is 10.2. The number of hydrogen-bond donors (Lipinski definition) is 0. The molecule has 1 saturated heterocycles. The van der Waals surface area contributed by atoms with Gasteiger partial charge in [0.1, 0.15) is 16.7 Å². The van der Waals surface area contributed by atoms with Crippen LogP contribution in [-0.4, -0.2) is 55.3 Å². The highest BCUT2D eigenvalue weighted by Gasteiger charge is 2.27. The number of pyridine rings is 1. The van der Waals surface area contributed by atoms with E-state index in [0.29, 0.717) is 6.04 Å². The van der Waals surface area contributed by atoms with E-state index >= 15 is 0 Å². The lowest BCUT2D eigenvalue weighted by atomic mass is 10.1. The van der Waals surface area contributed by atoms with Crippen molar-refractivity contribution in [2.24, 2.45) is 7.05 Å². The summed E-state index contributed by atoms with van der Waals surface area (Å²) >= 11 is 3.60. The monoisotopic (exact) mass is 429 g/mol. The number of anilines is 1. The van der Waals surface area contributed by atoms with Crippen LogP contribution in [0.25, 0.3) is 11.0 Å². The Morgan fingerprint density at radius 1 is 1.26 bits per heavy atom. The highest BCUT2D eigenvalue weighted by molar-refractivity contribution is 9.10. The van der Waals surface area contributed by atoms with Crippen LogP contribution in [0.1, 0.15) is 25.3 Å². The van der Waals surface area contributed by atoms with Crippen molar-refractivity contribution >= 4 is 32.8 Å². The minimum atomic E-state index is 0.539. The van der Waals surface area contributed by atoms with E-state index in [4.69, 9.17) is 0 Å². The van der Waals surface area contributed by atoms with Crippen LogP contribution in [0.4, 0.5) is 5.82 Å². The van der Waals surface area contributed by atoms with Crippen LogP contribution in [0, 0.1) is 0 Å². The molecule has 0 radical (unpaired) electrons. The van der Waals surface area contributed by atoms with Crippen molar-refractivity contribution in [3.8, 4) is 0 Å². The van der Waals surface area contributed by atoms with E-state index in [9.17, 15) is 0 Å². The van der Waals surface area contributed by atoms with Gasteiger partial charge in [-0.25, -0.2) is 14.6 Å². The molecule has 0 amide bonds. The Labute approximate surface area is 167 Å². The van der Waals surface area contributed by atoms with E-state index in [2.05, 4.69) is 64.8 Å². The minimum Gasteiger partial charge on any atom is -0.350 e. The van der Waals surface area contributed by atoms with Gasteiger partial charge in [-0.15, -0.1) is 0 Å². The number of fused-ring (bicyclic) bond motifs is 1. The van der Waals surface area contributed by atoms with Crippen molar-refractivity contribution in [1.82, 2.24) is 29.6 Å². The second-order valence-electron chi connectivity index (χ2n) is 6.97. The van der Waals surface area contributed by atoms with E-state index in [1.807, 2.05) is 19.4 Å². The molecule has 0 aliphatic carbocycles. The molecule has 1 unspecified atom stereocenters. The molecular weight excluding hydrogens is 406 g/mol. The summed E-state index contributed by atoms with van der Waals surface area (Å²) in [6, 6.07) is 4.67. The molecule has 1 aliphatic heterocycles. The summed E-state index contributed by atoms with van der Waals surface area (Å²) < 4.78 is 2.58. The molecule has 142 valence electrons. The topological polar surface area (TPSA) is 63.0 Å². The fraction of sp³-hybridized carbons (Fsp3) is 0.474. The summed E-state index contributed by atoms with van der Waals surface area (Å²) in [7, 11) is 1.91. The third-order valence-corrected chi connectivity index (χ3v) is 5.87. The fourth-order valence-corrected chi connectivity index (χ4v) is 4.57. The number of rotatable bonds is 6. The van der Waals surface area contributed by atoms with Gasteiger partial charge in [-0.1, -0.05) is 6.92 Å². The Morgan fingerprint density at radius 3 is 2.85 bits per heavy atom. The van der Waals surface area contributed by atoms with E-state index in [0.717, 1.165) is 41.1 Å². The second kappa shape index (κ2) is 7.90. The predicted molar refractivity (Wildman–Crippen MR) is 110 cm³/mol. The van der Waals surface area contributed by atoms with Crippen molar-refractivity contribution in [3.63, 3.8) is 0 Å². The van der Waals surface area contributed by atoms with Crippen LogP contribution in [0.2, 0.25) is 0 Å². The van der Waals surface area contributed by atoms with E-state index < -0.39 is 0 Å². The lowest BCUT2D eigenvalue weighted by Gasteiger charge is -2.31. The number of aromatic nitrogens is 5. The smallest absolute Gasteiger partial charge is 0.164 e. The third-order valence-electron chi connectivity index (χ3n) is 5.32. The Morgan fingerprint density at radius 2 is 2.07 bits per heavy atom. The maximum Gasteiger partial charge on any atom is 0.164 e. The minimum absolute atomic E-state index is 0.539. The van der Waals surface area contributed by atoms with Crippen LogP contribution >= 0.6 is 15.9 Å². The number of aryl methyl sites for hydroxylation is 1. The van der Waals surface area contributed by atoms with Crippen molar-refractivity contribution in [2.75, 3.05) is 24.5 Å². The van der Waals surface area contributed by atoms with Gasteiger partial charge in [-0.3, -0.25) is 9.88 Å². The third kappa shape index (κ3) is 3.68. The number of likely N-dealkylation sites (N-methyl/N-ethyl adjacent to an activating group) is 1. The average Bonchev–Trinajstić information content (AvgIpc) is 3.26. The zero-order valence-corrected chi connectivity index (χ0v) is 17.3. The van der Waals surface area contributed by atoms with E-state index in [1.54, 1.807) is 11.0 Å². The van der Waals surface area contributed by atoms with Gasteiger partial charge in [0.05, 0.1) is 5.39 Å². The molecule has 4 rings (SSSR count). The number of likely N-dealkylation sites (tertiary alicyclic amines) is 1. The summed E-state index contributed by atoms with van der Waals surface area (Å²) in [5.74, 6) is 0.930. The van der Waals surface area contributed by atoms with Gasteiger partial charge >= 0.3 is 0 Å². The molecular formula is C19H24BrN7. The fourth-order valence-electron chi connectivity index (χ4n) is 3.97. The lowest BCUT2D eigenvalue weighted by Crippen LogP contribution is -2.40. The molecule has 0 N–H and O–H groups in total. The lowest BCUT2D eigenvalue weighted by molar-refractivity contribution is 0.268. The summed E-state index contributed by atoms with van der Waals surface area (Å²) in [5, 5.41) is 5.45. The summed E-state index contributed by atoms with van der Waals surface area (Å²) in [6.07, 6.45) is 7.81. The van der Waals surface area contributed by atoms with Crippen molar-refractivity contribution in [3.05, 3.63) is 41.0 Å². The molecule has 8 heteroatoms. The van der Waals surface area contributed by atoms with Crippen LogP contribution in [0.15, 0.2) is 35.5 Å². The van der Waals surface area contributed by atoms with Gasteiger partial charge in [-0.2, -0.15) is 5.10 Å². The van der Waals surface area contributed by atoms with Crippen molar-refractivity contribution < 1.29 is 0 Å². The van der Waals surface area contributed by atoms with Crippen LogP contribution in [-0.2, 0) is 13.6 Å². The van der Waals surface area contributed by atoms with Gasteiger partial charge in [0, 0.05) is 38.6 Å². The van der Waals surface area contributed by atoms with Crippen molar-refractivity contribution in [1.29, 1.82) is 0 Å². The molecule has 3 aromatic heterocycles. The highest BCUT2D eigenvalue weighted by Crippen LogP contribution is 2.31. The summed E-state index contributed by atoms with van der Waals surface area (Å²) in [6.45, 7) is 6.23. The molecule has 3 aromatic rings. The molecule has 0 aromatic carbocycles. The standard InChI is InChI=1S/C19H24BrN7/c1-3-26-10-4-5-15(26)12-27(11-14-6-8-21-9-7-14)19-16-17(20)24-25(2)18(16)22-13-23-19/h6-9,13,15H,3-5,10-12H2,1-2H3. The van der Waals surface area contributed by atoms with Crippen LogP contribution in [0.3, 0.4) is 0 Å². The van der Waals surface area contributed by atoms with Crippen LogP contribution in [0.5, 0.6) is 0 Å². The Hall–Kier alpha value is -2.06. The van der Waals surface area contributed by atoms with Gasteiger partial charge in [0.25, 0.3) is 0 Å². The maximum absolute atomic E-state index is 4.67. The molecule has 4 heterocycles. The summed E-state index contributed by atoms with van der Waals surface area (Å²) in [5.41, 5.74) is 2.06. The SMILES string of the molecule is CCN1CCCC1CN(Cc1ccncc1)c1ncnc2c1c(Br)nn2C. The first-order valence-electron chi connectivity index (χ1n) is 9.38. The number of nitrogens with zero attached hydrogens (tertiary/aromatic N) is 7. The molecule has 0 bridgehead atoms. The molecule has 0 saturated carbocycles. The van der Waals surface area contributed by atoms with E-state index in [1.165, 1.54) is 24.9 Å². The Balaban J connectivity index is 1.73. The van der Waals surface area contributed by atoms with Gasteiger partial charge in [0.15, 0.2) is 5.65 Å². The molecule has 27 heavy (non-hydrogen) atoms. The first kappa shape index (κ1) is 18.3. The molecule has 1 fully saturated rings. The summed E-state index contributed by atoms with van der Waals surface area (Å²) in [4.78, 5) is 18.2. The van der Waals surface area contributed by atoms with Crippen LogP contribution < -0.4 is 4.90 Å². The number of hydrogen-bond acceptors (Lipinski definition) is 6. The highest BCUT2D eigenvalue weighted by atomic mass is 79.9. The molecule has 1 atom stereocenters. The molecule has 0 spiro atoms. The number of halogens is 1. The van der Waals surface area contributed by atoms with Gasteiger partial charge in [0.2, 0.25) is 0 Å². The molecule has 1 aliphatic rings. The Bertz CT molecular complexity index is 911. The Kier molecular flexibility index (Phi) is 5.36. The zero-order chi connectivity index (χ0) is 18.8. The zero-order valence-electron chi connectivity index (χ0n) is 15.7. The first-order chi connectivity index (χ1) is 13.2. The van der Waals surface area contributed by atoms with Crippen molar-refractivity contribution in [2.45, 2.75) is 32.4 Å². The quantitative estimate of drug-likeness (QED) is 0.599. The van der Waals surface area contributed by atoms with Gasteiger partial charge < -0.3 is 4.90 Å². The average molecular weight is 430 g/mol. The maximum atomic E-state index is 4.67. The molecule has 7 nitrogen and oxygen atoms in total. The van der Waals surface area contributed by atoms with E-state index in [-0.39, 0.29) is 0 Å². The second-order valence-corrected chi connectivity index (χ2v) is 7.72. The van der Waals surface area contributed by atoms with Gasteiger partial charge in [-0.05, 0) is 59.6 Å². The normalized spacial score (nSPS) is 17.7. The predicted octanol–water partition coefficient (Wildman–Crippen LogP) is 3.01. The largest absolute Gasteiger partial charge is 0.350 e.